The fourth-order valence-corrected chi connectivity index (χ4v) is 11.6. The van der Waals surface area contributed by atoms with Crippen molar-refractivity contribution in [2.75, 3.05) is 9.80 Å². The number of fused-ring (bicyclic) bond motifs is 15. The van der Waals surface area contributed by atoms with Crippen LogP contribution in [0, 0.1) is 27.7 Å². The molecule has 0 aliphatic heterocycles. The third kappa shape index (κ3) is 5.90. The Morgan fingerprint density at radius 2 is 0.708 bits per heavy atom. The van der Waals surface area contributed by atoms with Gasteiger partial charge in [0.2, 0.25) is 0 Å². The lowest BCUT2D eigenvalue weighted by Crippen LogP contribution is -2.13. The first-order chi connectivity index (χ1) is 35.3. The molecule has 4 aromatic heterocycles. The molecule has 0 aliphatic carbocycles. The molecule has 0 atom stereocenters. The minimum absolute atomic E-state index is 0.823. The molecule has 0 unspecified atom stereocenters. The third-order valence-corrected chi connectivity index (χ3v) is 15.1. The van der Waals surface area contributed by atoms with Crippen molar-refractivity contribution in [1.29, 1.82) is 0 Å². The Bertz CT molecular complexity index is 4470. The minimum atomic E-state index is 0.823. The van der Waals surface area contributed by atoms with Gasteiger partial charge in [0.15, 0.2) is 11.2 Å². The van der Waals surface area contributed by atoms with Crippen LogP contribution >= 0.6 is 0 Å². The average molecular weight is 929 g/mol. The molecule has 72 heavy (non-hydrogen) atoms. The van der Waals surface area contributed by atoms with Gasteiger partial charge in [-0.3, -0.25) is 0 Å². The van der Waals surface area contributed by atoms with Gasteiger partial charge in [-0.2, -0.15) is 0 Å². The molecule has 342 valence electrons. The molecular weight excluding hydrogens is 885 g/mol. The van der Waals surface area contributed by atoms with Crippen LogP contribution in [-0.2, 0) is 0 Å². The maximum atomic E-state index is 6.79. The van der Waals surface area contributed by atoms with Gasteiger partial charge in [-0.1, -0.05) is 109 Å². The summed E-state index contributed by atoms with van der Waals surface area (Å²) in [6.07, 6.45) is 0. The van der Waals surface area contributed by atoms with E-state index >= 15 is 0 Å². The summed E-state index contributed by atoms with van der Waals surface area (Å²) in [5.74, 6) is 0. The van der Waals surface area contributed by atoms with E-state index in [0.717, 1.165) is 155 Å². The third-order valence-electron chi connectivity index (χ3n) is 15.1. The van der Waals surface area contributed by atoms with Gasteiger partial charge in [0.1, 0.15) is 33.5 Å². The van der Waals surface area contributed by atoms with Crippen molar-refractivity contribution in [3.05, 3.63) is 216 Å². The maximum Gasteiger partial charge on any atom is 0.159 e. The number of para-hydroxylation sites is 4. The van der Waals surface area contributed by atoms with Crippen LogP contribution in [0.25, 0.3) is 109 Å². The Kier molecular flexibility index (Phi) is 8.53. The zero-order valence-corrected chi connectivity index (χ0v) is 40.0. The first-order valence-electron chi connectivity index (χ1n) is 24.6. The number of nitrogens with zero attached hydrogens (tertiary/aromatic N) is 2. The first kappa shape index (κ1) is 40.6. The monoisotopic (exact) mass is 928 g/mol. The fraction of sp³-hybridized carbons (Fsp3) is 0.0606. The Hall–Kier alpha value is -9.26. The smallest absolute Gasteiger partial charge is 0.159 e. The van der Waals surface area contributed by atoms with E-state index in [9.17, 15) is 0 Å². The summed E-state index contributed by atoms with van der Waals surface area (Å²) < 4.78 is 27.0. The molecular formula is C66H44N2O4. The van der Waals surface area contributed by atoms with Gasteiger partial charge in [-0.15, -0.1) is 0 Å². The molecule has 0 aliphatic rings. The highest BCUT2D eigenvalue weighted by Crippen LogP contribution is 2.49. The van der Waals surface area contributed by atoms with Crippen molar-refractivity contribution < 1.29 is 17.7 Å². The summed E-state index contributed by atoms with van der Waals surface area (Å²) in [6, 6.07) is 69.0. The van der Waals surface area contributed by atoms with E-state index < -0.39 is 0 Å². The molecule has 0 bridgehead atoms. The van der Waals surface area contributed by atoms with Crippen molar-refractivity contribution in [2.45, 2.75) is 27.7 Å². The van der Waals surface area contributed by atoms with E-state index in [1.807, 2.05) is 36.4 Å². The van der Waals surface area contributed by atoms with E-state index in [0.29, 0.717) is 0 Å². The Morgan fingerprint density at radius 3 is 1.17 bits per heavy atom. The molecule has 0 radical (unpaired) electrons. The molecule has 6 nitrogen and oxygen atoms in total. The summed E-state index contributed by atoms with van der Waals surface area (Å²) in [4.78, 5) is 4.71. The number of benzene rings is 11. The average Bonchev–Trinajstić information content (AvgIpc) is 4.17. The SMILES string of the molecule is Cc1ccccc1N(c1ccc2cc3c(cc2c1)oc1ccc2oc4cc5cc(N(c6ccccc6C)c6c(C)ccc7c6oc6ccccc67)ccc5cc4c2c13)c1c(C)ccc2c1oc1ccccc12. The van der Waals surface area contributed by atoms with Crippen LogP contribution in [0.2, 0.25) is 0 Å². The van der Waals surface area contributed by atoms with E-state index in [-0.39, 0.29) is 0 Å². The molecule has 0 N–H and O–H groups in total. The zero-order chi connectivity index (χ0) is 47.9. The molecule has 6 heteroatoms. The molecule has 0 saturated carbocycles. The highest BCUT2D eigenvalue weighted by atomic mass is 16.3. The normalized spacial score (nSPS) is 12.2. The summed E-state index contributed by atoms with van der Waals surface area (Å²) >= 11 is 0. The quantitative estimate of drug-likeness (QED) is 0.166. The van der Waals surface area contributed by atoms with Gasteiger partial charge in [-0.05, 0) is 156 Å². The second-order valence-electron chi connectivity index (χ2n) is 19.4. The van der Waals surface area contributed by atoms with Crippen molar-refractivity contribution >= 4 is 143 Å². The number of hydrogen-bond donors (Lipinski definition) is 0. The number of rotatable bonds is 6. The number of hydrogen-bond acceptors (Lipinski definition) is 6. The summed E-state index contributed by atoms with van der Waals surface area (Å²) in [5, 5.41) is 13.0. The van der Waals surface area contributed by atoms with Gasteiger partial charge in [0.05, 0.1) is 11.4 Å². The molecule has 15 aromatic rings. The Balaban J connectivity index is 0.881. The lowest BCUT2D eigenvalue weighted by atomic mass is 9.99. The number of aryl methyl sites for hydroxylation is 4. The van der Waals surface area contributed by atoms with Crippen LogP contribution in [0.5, 0.6) is 0 Å². The Morgan fingerprint density at radius 1 is 0.278 bits per heavy atom. The van der Waals surface area contributed by atoms with Crippen LogP contribution in [0.1, 0.15) is 22.3 Å². The molecule has 15 rings (SSSR count). The predicted octanol–water partition coefficient (Wildman–Crippen LogP) is 19.8. The van der Waals surface area contributed by atoms with E-state index in [1.54, 1.807) is 0 Å². The number of furan rings is 4. The van der Waals surface area contributed by atoms with Gasteiger partial charge in [-0.25, -0.2) is 0 Å². The fourth-order valence-electron chi connectivity index (χ4n) is 11.6. The standard InChI is InChI=1S/C66H44N2O4/c1-37-13-5-9-17-53(37)67(63-39(3)21-27-49-47-15-7-11-19-55(47)71-65(49)63)45-25-23-41-33-51-59(35-43(41)31-45)69-57-29-30-58-62(61(51)57)52-34-42-24-26-46(32-44(42)36-60(52)70-58)68(54-18-10-6-14-38(54)2)64-40(4)22-28-50-48-16-8-12-20-56(48)72-66(50)64/h5-36H,1-4H3. The largest absolute Gasteiger partial charge is 0.456 e. The summed E-state index contributed by atoms with van der Waals surface area (Å²) in [6.45, 7) is 8.67. The first-order valence-corrected chi connectivity index (χ1v) is 24.6. The van der Waals surface area contributed by atoms with Crippen LogP contribution in [0.3, 0.4) is 0 Å². The lowest BCUT2D eigenvalue weighted by Gasteiger charge is -2.28. The van der Waals surface area contributed by atoms with Crippen molar-refractivity contribution in [3.63, 3.8) is 0 Å². The summed E-state index contributed by atoms with van der Waals surface area (Å²) in [7, 11) is 0. The van der Waals surface area contributed by atoms with E-state index in [2.05, 4.69) is 195 Å². The predicted molar refractivity (Wildman–Crippen MR) is 299 cm³/mol. The minimum Gasteiger partial charge on any atom is -0.456 e. The van der Waals surface area contributed by atoms with Crippen LogP contribution in [0.4, 0.5) is 34.1 Å². The lowest BCUT2D eigenvalue weighted by molar-refractivity contribution is 0.663. The molecule has 0 saturated heterocycles. The second kappa shape index (κ2) is 15.1. The van der Waals surface area contributed by atoms with Crippen LogP contribution in [-0.4, -0.2) is 0 Å². The molecule has 0 spiro atoms. The van der Waals surface area contributed by atoms with Gasteiger partial charge in [0, 0.05) is 65.8 Å². The zero-order valence-electron chi connectivity index (χ0n) is 40.0. The van der Waals surface area contributed by atoms with E-state index in [4.69, 9.17) is 17.7 Å². The van der Waals surface area contributed by atoms with E-state index in [1.165, 1.54) is 11.1 Å². The highest BCUT2D eigenvalue weighted by Gasteiger charge is 2.26. The molecule has 11 aromatic carbocycles. The van der Waals surface area contributed by atoms with Crippen molar-refractivity contribution in [2.24, 2.45) is 0 Å². The topological polar surface area (TPSA) is 59.0 Å². The maximum absolute atomic E-state index is 6.79. The Labute approximate surface area is 413 Å². The molecule has 0 amide bonds. The molecule has 0 fully saturated rings. The van der Waals surface area contributed by atoms with Gasteiger partial charge < -0.3 is 27.5 Å². The number of anilines is 6. The van der Waals surface area contributed by atoms with Crippen LogP contribution in [0.15, 0.2) is 212 Å². The van der Waals surface area contributed by atoms with Crippen molar-refractivity contribution in [1.82, 2.24) is 0 Å². The summed E-state index contributed by atoms with van der Waals surface area (Å²) in [5.41, 5.74) is 17.7. The van der Waals surface area contributed by atoms with Gasteiger partial charge in [0.25, 0.3) is 0 Å². The highest BCUT2D eigenvalue weighted by molar-refractivity contribution is 6.28. The van der Waals surface area contributed by atoms with Crippen molar-refractivity contribution in [3.8, 4) is 0 Å². The van der Waals surface area contributed by atoms with Crippen LogP contribution < -0.4 is 9.80 Å². The van der Waals surface area contributed by atoms with Gasteiger partial charge >= 0.3 is 0 Å². The second-order valence-corrected chi connectivity index (χ2v) is 19.4. The molecule has 4 heterocycles.